The normalized spacial score (nSPS) is 16.6. The predicted molar refractivity (Wildman–Crippen MR) is 98.2 cm³/mol. The van der Waals surface area contributed by atoms with Gasteiger partial charge in [0.05, 0.1) is 24.4 Å². The fourth-order valence-electron chi connectivity index (χ4n) is 2.96. The van der Waals surface area contributed by atoms with Gasteiger partial charge in [-0.3, -0.25) is 9.59 Å². The Kier molecular flexibility index (Phi) is 5.32. The quantitative estimate of drug-likeness (QED) is 0.854. The van der Waals surface area contributed by atoms with Gasteiger partial charge < -0.3 is 15.0 Å². The van der Waals surface area contributed by atoms with Gasteiger partial charge in [-0.15, -0.1) is 0 Å². The highest BCUT2D eigenvalue weighted by Crippen LogP contribution is 2.37. The molecule has 1 unspecified atom stereocenters. The van der Waals surface area contributed by atoms with Gasteiger partial charge in [0.15, 0.2) is 0 Å². The van der Waals surface area contributed by atoms with E-state index in [0.717, 1.165) is 17.7 Å². The Hall–Kier alpha value is -2.67. The van der Waals surface area contributed by atoms with E-state index in [4.69, 9.17) is 16.3 Å². The molecule has 0 spiro atoms. The number of rotatable bonds is 4. The van der Waals surface area contributed by atoms with Gasteiger partial charge in [-0.25, -0.2) is 8.78 Å². The van der Waals surface area contributed by atoms with Gasteiger partial charge in [-0.05, 0) is 30.7 Å². The van der Waals surface area contributed by atoms with Gasteiger partial charge in [-0.1, -0.05) is 11.6 Å². The molecule has 1 fully saturated rings. The summed E-state index contributed by atoms with van der Waals surface area (Å²) in [7, 11) is 1.46. The van der Waals surface area contributed by atoms with Gasteiger partial charge >= 0.3 is 0 Å². The number of nitrogens with one attached hydrogen (secondary N) is 1. The maximum absolute atomic E-state index is 13.7. The number of anilines is 2. The Morgan fingerprint density at radius 1 is 1.30 bits per heavy atom. The van der Waals surface area contributed by atoms with Crippen LogP contribution in [0.1, 0.15) is 12.0 Å². The smallest absolute Gasteiger partial charge is 0.229 e. The molecule has 8 heteroatoms. The summed E-state index contributed by atoms with van der Waals surface area (Å²) in [6.07, 6.45) is -0.0283. The molecule has 1 atom stereocenters. The summed E-state index contributed by atoms with van der Waals surface area (Å²) in [5.41, 5.74) is 1.15. The number of carbonyl (C=O) groups excluding carboxylic acids is 2. The summed E-state index contributed by atoms with van der Waals surface area (Å²) in [5.74, 6) is -2.64. The maximum Gasteiger partial charge on any atom is 0.229 e. The van der Waals surface area contributed by atoms with Crippen LogP contribution in [0.5, 0.6) is 5.75 Å². The molecular weight excluding hydrogens is 378 g/mol. The van der Waals surface area contributed by atoms with Crippen molar-refractivity contribution in [1.82, 2.24) is 0 Å². The van der Waals surface area contributed by atoms with Crippen molar-refractivity contribution < 1.29 is 23.1 Å². The molecule has 1 aliphatic rings. The fourth-order valence-corrected chi connectivity index (χ4v) is 3.12. The second-order valence-corrected chi connectivity index (χ2v) is 6.70. The van der Waals surface area contributed by atoms with Gasteiger partial charge in [0.2, 0.25) is 11.8 Å². The van der Waals surface area contributed by atoms with E-state index in [1.165, 1.54) is 12.0 Å². The molecule has 5 nitrogen and oxygen atoms in total. The number of nitrogens with zero attached hydrogens (tertiary/aromatic N) is 1. The molecule has 2 aromatic carbocycles. The summed E-state index contributed by atoms with van der Waals surface area (Å²) in [5, 5.41) is 2.91. The summed E-state index contributed by atoms with van der Waals surface area (Å²) in [6, 6.07) is 6.21. The molecule has 0 saturated carbocycles. The highest BCUT2D eigenvalue weighted by atomic mass is 35.5. The molecule has 0 aliphatic carbocycles. The molecule has 2 aromatic rings. The zero-order valence-electron chi connectivity index (χ0n) is 14.7. The average molecular weight is 395 g/mol. The molecular formula is C19H17ClF2N2O3. The molecule has 2 amide bonds. The molecule has 27 heavy (non-hydrogen) atoms. The first-order valence-corrected chi connectivity index (χ1v) is 8.58. The number of hydrogen-bond acceptors (Lipinski definition) is 3. The molecule has 0 aromatic heterocycles. The van der Waals surface area contributed by atoms with Crippen LogP contribution in [0.3, 0.4) is 0 Å². The van der Waals surface area contributed by atoms with Crippen molar-refractivity contribution in [2.75, 3.05) is 23.9 Å². The van der Waals surface area contributed by atoms with Crippen molar-refractivity contribution in [2.24, 2.45) is 5.92 Å². The lowest BCUT2D eigenvalue weighted by atomic mass is 10.1. The molecule has 1 saturated heterocycles. The number of methoxy groups -OCH3 is 1. The predicted octanol–water partition coefficient (Wildman–Crippen LogP) is 3.93. The summed E-state index contributed by atoms with van der Waals surface area (Å²) in [4.78, 5) is 26.4. The average Bonchev–Trinajstić information content (AvgIpc) is 3.01. The van der Waals surface area contributed by atoms with Crippen molar-refractivity contribution in [1.29, 1.82) is 0 Å². The maximum atomic E-state index is 13.7. The number of hydrogen-bond donors (Lipinski definition) is 1. The molecule has 1 heterocycles. The first-order chi connectivity index (χ1) is 12.8. The fraction of sp³-hybridized carbons (Fsp3) is 0.263. The van der Waals surface area contributed by atoms with E-state index in [1.807, 2.05) is 0 Å². The number of amides is 2. The zero-order valence-corrected chi connectivity index (χ0v) is 15.4. The standard InChI is InChI=1S/C19H17ClF2N2O3/c1-10-5-16(17(27-2)8-13(10)20)24-9-11(6-18(24)25)19(26)23-15-4-3-12(21)7-14(15)22/h3-5,7-8,11H,6,9H2,1-2H3,(H,23,26). The summed E-state index contributed by atoms with van der Waals surface area (Å²) < 4.78 is 32.0. The van der Waals surface area contributed by atoms with Crippen LogP contribution in [0.4, 0.5) is 20.2 Å². The van der Waals surface area contributed by atoms with Crippen molar-refractivity contribution >= 4 is 34.8 Å². The highest BCUT2D eigenvalue weighted by molar-refractivity contribution is 6.31. The third kappa shape index (κ3) is 3.88. The second-order valence-electron chi connectivity index (χ2n) is 6.29. The minimum atomic E-state index is -0.875. The second kappa shape index (κ2) is 7.52. The first-order valence-electron chi connectivity index (χ1n) is 8.20. The van der Waals surface area contributed by atoms with Crippen molar-refractivity contribution in [3.8, 4) is 5.75 Å². The first kappa shape index (κ1) is 19.1. The van der Waals surface area contributed by atoms with Crippen LogP contribution in [0.15, 0.2) is 30.3 Å². The monoisotopic (exact) mass is 394 g/mol. The van der Waals surface area contributed by atoms with Crippen molar-refractivity contribution in [3.63, 3.8) is 0 Å². The van der Waals surface area contributed by atoms with Crippen LogP contribution in [-0.2, 0) is 9.59 Å². The third-order valence-corrected chi connectivity index (χ3v) is 4.84. The largest absolute Gasteiger partial charge is 0.495 e. The van der Waals surface area contributed by atoms with E-state index in [9.17, 15) is 18.4 Å². The number of aryl methyl sites for hydroxylation is 1. The molecule has 0 radical (unpaired) electrons. The summed E-state index contributed by atoms with van der Waals surface area (Å²) in [6.45, 7) is 1.91. The van der Waals surface area contributed by atoms with E-state index in [-0.39, 0.29) is 24.6 Å². The van der Waals surface area contributed by atoms with Gasteiger partial charge in [0.25, 0.3) is 0 Å². The Bertz CT molecular complexity index is 920. The Labute approximate surface area is 159 Å². The topological polar surface area (TPSA) is 58.6 Å². The lowest BCUT2D eigenvalue weighted by Crippen LogP contribution is -2.28. The number of halogens is 3. The number of benzene rings is 2. The van der Waals surface area contributed by atoms with E-state index in [2.05, 4.69) is 5.32 Å². The van der Waals surface area contributed by atoms with Crippen molar-refractivity contribution in [3.05, 3.63) is 52.6 Å². The van der Waals surface area contributed by atoms with Crippen LogP contribution in [-0.4, -0.2) is 25.5 Å². The van der Waals surface area contributed by atoms with Crippen LogP contribution in [0.25, 0.3) is 0 Å². The third-order valence-electron chi connectivity index (χ3n) is 4.44. The molecule has 142 valence electrons. The van der Waals surface area contributed by atoms with Crippen LogP contribution in [0, 0.1) is 24.5 Å². The lowest BCUT2D eigenvalue weighted by Gasteiger charge is -2.20. The van der Waals surface area contributed by atoms with E-state index >= 15 is 0 Å². The minimum Gasteiger partial charge on any atom is -0.495 e. The molecule has 3 rings (SSSR count). The Morgan fingerprint density at radius 3 is 2.70 bits per heavy atom. The van der Waals surface area contributed by atoms with E-state index < -0.39 is 23.5 Å². The van der Waals surface area contributed by atoms with Crippen LogP contribution < -0.4 is 15.0 Å². The van der Waals surface area contributed by atoms with E-state index in [0.29, 0.717) is 22.5 Å². The summed E-state index contributed by atoms with van der Waals surface area (Å²) >= 11 is 6.09. The van der Waals surface area contributed by atoms with Crippen molar-refractivity contribution in [2.45, 2.75) is 13.3 Å². The number of carbonyl (C=O) groups is 2. The molecule has 1 aliphatic heterocycles. The minimum absolute atomic E-state index is 0.0283. The Morgan fingerprint density at radius 2 is 2.04 bits per heavy atom. The van der Waals surface area contributed by atoms with E-state index in [1.54, 1.807) is 19.1 Å². The van der Waals surface area contributed by atoms with Gasteiger partial charge in [0, 0.05) is 30.1 Å². The molecule has 0 bridgehead atoms. The number of ether oxygens (including phenoxy) is 1. The SMILES string of the molecule is COc1cc(Cl)c(C)cc1N1CC(C(=O)Nc2ccc(F)cc2F)CC1=O. The van der Waals surface area contributed by atoms with Crippen LogP contribution in [0.2, 0.25) is 5.02 Å². The Balaban J connectivity index is 1.79. The lowest BCUT2D eigenvalue weighted by molar-refractivity contribution is -0.122. The van der Waals surface area contributed by atoms with Gasteiger partial charge in [0.1, 0.15) is 17.4 Å². The highest BCUT2D eigenvalue weighted by Gasteiger charge is 2.36. The van der Waals surface area contributed by atoms with Crippen LogP contribution >= 0.6 is 11.6 Å². The van der Waals surface area contributed by atoms with Gasteiger partial charge in [-0.2, -0.15) is 0 Å². The molecule has 1 N–H and O–H groups in total. The zero-order chi connectivity index (χ0) is 19.7.